The van der Waals surface area contributed by atoms with Gasteiger partial charge in [0.2, 0.25) is 11.8 Å². The first-order valence-corrected chi connectivity index (χ1v) is 12.5. The molecule has 9 heteroatoms. The molecule has 8 nitrogen and oxygen atoms in total. The maximum absolute atomic E-state index is 12.9. The second-order valence-corrected chi connectivity index (χ2v) is 11.5. The van der Waals surface area contributed by atoms with Crippen LogP contribution in [0.25, 0.3) is 0 Å². The van der Waals surface area contributed by atoms with E-state index in [1.54, 1.807) is 23.3 Å². The number of amides is 2. The summed E-state index contributed by atoms with van der Waals surface area (Å²) in [5.41, 5.74) is 0.891. The summed E-state index contributed by atoms with van der Waals surface area (Å²) < 4.78 is 0. The minimum absolute atomic E-state index is 0.00385. The smallest absolute Gasteiger partial charge is 0.240 e. The Labute approximate surface area is 201 Å². The lowest BCUT2D eigenvalue weighted by Gasteiger charge is -2.53. The van der Waals surface area contributed by atoms with Crippen molar-refractivity contribution in [3.63, 3.8) is 0 Å². The fourth-order valence-electron chi connectivity index (χ4n) is 5.90. The molecule has 0 bridgehead atoms. The first-order chi connectivity index (χ1) is 15.5. The van der Waals surface area contributed by atoms with Crippen molar-refractivity contribution >= 4 is 28.3 Å². The third kappa shape index (κ3) is 5.23. The highest BCUT2D eigenvalue weighted by atomic mass is 32.1. The van der Waals surface area contributed by atoms with Gasteiger partial charge in [-0.15, -0.1) is 11.3 Å². The van der Waals surface area contributed by atoms with Gasteiger partial charge in [-0.05, 0) is 50.6 Å². The number of likely N-dealkylation sites (N-methyl/N-ethyl adjacent to an activating group) is 1. The largest absolute Gasteiger partial charge is 0.392 e. The van der Waals surface area contributed by atoms with E-state index in [0.717, 1.165) is 25.0 Å². The van der Waals surface area contributed by atoms with Gasteiger partial charge in [0.15, 0.2) is 5.13 Å². The number of rotatable bonds is 7. The van der Waals surface area contributed by atoms with Gasteiger partial charge in [0.1, 0.15) is 0 Å². The quantitative estimate of drug-likeness (QED) is 0.628. The number of aromatic nitrogens is 1. The van der Waals surface area contributed by atoms with Gasteiger partial charge in [-0.25, -0.2) is 4.98 Å². The Balaban J connectivity index is 1.78. The molecule has 2 N–H and O–H groups in total. The molecule has 182 valence electrons. The molecule has 0 radical (unpaired) electrons. The molecule has 3 rings (SSSR count). The third-order valence-corrected chi connectivity index (χ3v) is 8.58. The molecular weight excluding hydrogens is 438 g/mol. The Hall–Kier alpha value is -2.02. The van der Waals surface area contributed by atoms with Crippen LogP contribution in [-0.2, 0) is 16.0 Å². The lowest BCUT2D eigenvalue weighted by Crippen LogP contribution is -2.53. The number of fused-ring (bicyclic) bond motifs is 2. The number of thiazole rings is 1. The Kier molecular flexibility index (Phi) is 7.82. The highest BCUT2D eigenvalue weighted by Gasteiger charge is 2.54. The molecule has 6 atom stereocenters. The van der Waals surface area contributed by atoms with Gasteiger partial charge in [0.05, 0.1) is 30.8 Å². The van der Waals surface area contributed by atoms with E-state index in [0.29, 0.717) is 24.6 Å². The fourth-order valence-corrected chi connectivity index (χ4v) is 7.18. The van der Waals surface area contributed by atoms with Crippen LogP contribution in [0.3, 0.4) is 0 Å². The van der Waals surface area contributed by atoms with Crippen LogP contribution >= 0.6 is 11.3 Å². The van der Waals surface area contributed by atoms with E-state index < -0.39 is 6.10 Å². The molecule has 1 fully saturated rings. The van der Waals surface area contributed by atoms with Gasteiger partial charge in [0, 0.05) is 30.3 Å². The van der Waals surface area contributed by atoms with Crippen LogP contribution in [0.4, 0.5) is 5.13 Å². The summed E-state index contributed by atoms with van der Waals surface area (Å²) in [4.78, 5) is 34.5. The number of nitriles is 1. The molecule has 0 aromatic carbocycles. The van der Waals surface area contributed by atoms with Crippen molar-refractivity contribution in [3.8, 4) is 6.07 Å². The lowest BCUT2D eigenvalue weighted by molar-refractivity contribution is -0.143. The van der Waals surface area contributed by atoms with Crippen LogP contribution < -0.4 is 5.32 Å². The van der Waals surface area contributed by atoms with E-state index >= 15 is 0 Å². The van der Waals surface area contributed by atoms with Gasteiger partial charge < -0.3 is 20.2 Å². The summed E-state index contributed by atoms with van der Waals surface area (Å²) >= 11 is 1.54. The van der Waals surface area contributed by atoms with E-state index in [4.69, 9.17) is 10.2 Å². The van der Waals surface area contributed by atoms with Gasteiger partial charge in [-0.1, -0.05) is 20.8 Å². The Bertz CT molecular complexity index is 926. The van der Waals surface area contributed by atoms with Crippen molar-refractivity contribution in [3.05, 3.63) is 10.6 Å². The maximum atomic E-state index is 12.9. The molecule has 1 aromatic rings. The number of hydrogen-bond acceptors (Lipinski definition) is 7. The third-order valence-electron chi connectivity index (χ3n) is 7.60. The van der Waals surface area contributed by atoms with E-state index in [1.807, 2.05) is 25.9 Å². The summed E-state index contributed by atoms with van der Waals surface area (Å²) in [7, 11) is 5.43. The number of anilines is 1. The van der Waals surface area contributed by atoms with Crippen LogP contribution in [0.5, 0.6) is 0 Å². The topological polar surface area (TPSA) is 110 Å². The molecule has 0 spiro atoms. The molecule has 2 amide bonds. The number of hydrogen-bond donors (Lipinski definition) is 2. The van der Waals surface area contributed by atoms with Crippen LogP contribution in [0.15, 0.2) is 0 Å². The van der Waals surface area contributed by atoms with Crippen molar-refractivity contribution in [1.29, 1.82) is 5.26 Å². The van der Waals surface area contributed by atoms with Crippen LogP contribution in [0, 0.1) is 34.5 Å². The standard InChI is InChI=1S/C24H37N5O3S/c1-14(22(32)29(6)11-7-10-25)16-8-9-24(3)12-17-20(15(2)19(24)21(16)31)27-23(33-17)26-18(30)13-28(4)5/h14-16,19,21,31H,7-9,11-13H2,1-6H3,(H,26,27,30)/t14-,15-,16-,19+,21-,24-/m0/s1. The summed E-state index contributed by atoms with van der Waals surface area (Å²) in [5, 5.41) is 23.9. The molecule has 1 saturated carbocycles. The zero-order valence-electron chi connectivity index (χ0n) is 20.6. The number of carbonyl (C=O) groups is 2. The van der Waals surface area contributed by atoms with Gasteiger partial charge >= 0.3 is 0 Å². The molecule has 0 saturated heterocycles. The molecule has 33 heavy (non-hydrogen) atoms. The normalized spacial score (nSPS) is 29.5. The molecule has 2 aliphatic carbocycles. The van der Waals surface area contributed by atoms with Crippen molar-refractivity contribution < 1.29 is 14.7 Å². The highest BCUT2D eigenvalue weighted by molar-refractivity contribution is 7.15. The first-order valence-electron chi connectivity index (χ1n) is 11.7. The van der Waals surface area contributed by atoms with Crippen LogP contribution in [-0.4, -0.2) is 72.0 Å². The number of aliphatic hydroxyl groups is 1. The van der Waals surface area contributed by atoms with E-state index in [2.05, 4.69) is 25.2 Å². The predicted molar refractivity (Wildman–Crippen MR) is 129 cm³/mol. The number of nitrogens with zero attached hydrogens (tertiary/aromatic N) is 4. The molecule has 0 aliphatic heterocycles. The SMILES string of the molecule is C[C@H](C(=O)N(C)CCC#N)[C@@H]1CC[C@@]2(C)Cc3sc(NC(=O)CN(C)C)nc3[C@@H](C)[C@@H]2[C@H]1O. The second-order valence-electron chi connectivity index (χ2n) is 10.4. The van der Waals surface area contributed by atoms with Gasteiger partial charge in [0.25, 0.3) is 0 Å². The average Bonchev–Trinajstić information content (AvgIpc) is 3.12. The van der Waals surface area contributed by atoms with E-state index in [-0.39, 0.29) is 40.9 Å². The molecular formula is C24H37N5O3S. The van der Waals surface area contributed by atoms with Crippen LogP contribution in [0.2, 0.25) is 0 Å². The van der Waals surface area contributed by atoms with E-state index in [1.165, 1.54) is 4.88 Å². The fraction of sp³-hybridized carbons (Fsp3) is 0.750. The molecule has 1 aromatic heterocycles. The minimum Gasteiger partial charge on any atom is -0.392 e. The Morgan fingerprint density at radius 3 is 2.73 bits per heavy atom. The zero-order valence-corrected chi connectivity index (χ0v) is 21.4. The number of aliphatic hydroxyl groups excluding tert-OH is 1. The highest BCUT2D eigenvalue weighted by Crippen LogP contribution is 2.57. The van der Waals surface area contributed by atoms with Gasteiger partial charge in [-0.2, -0.15) is 5.26 Å². The maximum Gasteiger partial charge on any atom is 0.240 e. The number of nitrogens with one attached hydrogen (secondary N) is 1. The average molecular weight is 476 g/mol. The first kappa shape index (κ1) is 25.6. The van der Waals surface area contributed by atoms with Crippen molar-refractivity contribution in [1.82, 2.24) is 14.8 Å². The number of carbonyl (C=O) groups excluding carboxylic acids is 2. The predicted octanol–water partition coefficient (Wildman–Crippen LogP) is 2.70. The van der Waals surface area contributed by atoms with Gasteiger partial charge in [-0.3, -0.25) is 9.59 Å². The molecule has 2 aliphatic rings. The van der Waals surface area contributed by atoms with E-state index in [9.17, 15) is 14.7 Å². The molecule has 1 heterocycles. The van der Waals surface area contributed by atoms with Crippen molar-refractivity contribution in [2.45, 2.75) is 58.5 Å². The minimum atomic E-state index is -0.608. The summed E-state index contributed by atoms with van der Waals surface area (Å²) in [6.45, 7) is 6.97. The summed E-state index contributed by atoms with van der Waals surface area (Å²) in [6, 6.07) is 2.08. The lowest BCUT2D eigenvalue weighted by atomic mass is 9.53. The van der Waals surface area contributed by atoms with Crippen molar-refractivity contribution in [2.24, 2.45) is 23.2 Å². The monoisotopic (exact) mass is 475 g/mol. The second kappa shape index (κ2) is 10.1. The Morgan fingerprint density at radius 1 is 1.39 bits per heavy atom. The summed E-state index contributed by atoms with van der Waals surface area (Å²) in [5.74, 6) is -0.501. The van der Waals surface area contributed by atoms with Crippen LogP contribution in [0.1, 0.15) is 56.5 Å². The molecule has 0 unspecified atom stereocenters. The van der Waals surface area contributed by atoms with Crippen molar-refractivity contribution in [2.75, 3.05) is 39.5 Å². The zero-order chi connectivity index (χ0) is 24.5. The summed E-state index contributed by atoms with van der Waals surface area (Å²) in [6.07, 6.45) is 2.25. The Morgan fingerprint density at radius 2 is 2.09 bits per heavy atom.